The predicted octanol–water partition coefficient (Wildman–Crippen LogP) is 3.62. The molecule has 0 radical (unpaired) electrons. The molecule has 3 aromatic rings. The maximum absolute atomic E-state index is 13.1. The van der Waals surface area contributed by atoms with Gasteiger partial charge in [0.25, 0.3) is 17.4 Å². The van der Waals surface area contributed by atoms with Crippen LogP contribution >= 0.6 is 0 Å². The van der Waals surface area contributed by atoms with Gasteiger partial charge in [-0.15, -0.1) is 0 Å². The number of nitro benzene ring substituents is 1. The van der Waals surface area contributed by atoms with E-state index in [2.05, 4.69) is 0 Å². The fourth-order valence-corrected chi connectivity index (χ4v) is 3.79. The van der Waals surface area contributed by atoms with Crippen LogP contribution in [0.2, 0.25) is 0 Å². The van der Waals surface area contributed by atoms with Crippen LogP contribution in [-0.4, -0.2) is 37.9 Å². The summed E-state index contributed by atoms with van der Waals surface area (Å²) in [6.45, 7) is 0. The van der Waals surface area contributed by atoms with Gasteiger partial charge in [0, 0.05) is 23.4 Å². The quantitative estimate of drug-likeness (QED) is 0.171. The molecule has 10 heteroatoms. The summed E-state index contributed by atoms with van der Waals surface area (Å²) < 4.78 is 0. The molecule has 1 aliphatic heterocycles. The zero-order chi connectivity index (χ0) is 24.6. The summed E-state index contributed by atoms with van der Waals surface area (Å²) in [4.78, 5) is 49.1. The molecule has 1 fully saturated rings. The fraction of sp³-hybridized carbons (Fsp3) is 0.0417. The van der Waals surface area contributed by atoms with Crippen molar-refractivity contribution in [3.8, 4) is 5.75 Å². The van der Waals surface area contributed by atoms with Gasteiger partial charge in [0.1, 0.15) is 17.1 Å². The monoisotopic (exact) mass is 460 g/mol. The van der Waals surface area contributed by atoms with Crippen LogP contribution in [0.15, 0.2) is 78.4 Å². The molecule has 10 nitrogen and oxygen atoms in total. The van der Waals surface area contributed by atoms with Crippen molar-refractivity contribution in [2.75, 3.05) is 4.90 Å². The number of carbonyl (C=O) groups excluding carboxylic acids is 2. The highest BCUT2D eigenvalue weighted by Gasteiger charge is 2.47. The third-order valence-corrected chi connectivity index (χ3v) is 5.40. The number of aromatic carboxylic acids is 1. The number of aliphatic hydroxyl groups is 1. The van der Waals surface area contributed by atoms with Crippen LogP contribution in [0.5, 0.6) is 5.75 Å². The number of nitro groups is 1. The standard InChI is InChI=1S/C24H16N2O8/c27-18-11-10-16(12-17(18)24(31)32)25-20(13-6-8-15(9-7-13)26(33)34)19(22(29)23(25)30)21(28)14-4-2-1-3-5-14/h1-12,20,27-28H,(H,31,32)/b21-19-. The fourth-order valence-electron chi connectivity index (χ4n) is 3.79. The first-order valence-corrected chi connectivity index (χ1v) is 9.87. The molecule has 1 amide bonds. The second-order valence-corrected chi connectivity index (χ2v) is 7.39. The molecule has 3 aromatic carbocycles. The Kier molecular flexibility index (Phi) is 5.56. The van der Waals surface area contributed by atoms with Gasteiger partial charge >= 0.3 is 5.97 Å². The number of aromatic hydroxyl groups is 1. The number of carboxylic acid groups (broad SMARTS) is 1. The summed E-state index contributed by atoms with van der Waals surface area (Å²) in [6.07, 6.45) is 0. The van der Waals surface area contributed by atoms with Gasteiger partial charge in [0.05, 0.1) is 16.5 Å². The summed E-state index contributed by atoms with van der Waals surface area (Å²) in [7, 11) is 0. The molecular weight excluding hydrogens is 444 g/mol. The van der Waals surface area contributed by atoms with Gasteiger partial charge in [-0.1, -0.05) is 30.3 Å². The molecule has 1 unspecified atom stereocenters. The highest BCUT2D eigenvalue weighted by Crippen LogP contribution is 2.43. The van der Waals surface area contributed by atoms with Crippen molar-refractivity contribution in [2.24, 2.45) is 0 Å². The largest absolute Gasteiger partial charge is 0.507 e. The molecule has 34 heavy (non-hydrogen) atoms. The minimum atomic E-state index is -1.45. The number of aliphatic hydroxyl groups excluding tert-OH is 1. The van der Waals surface area contributed by atoms with Crippen molar-refractivity contribution in [3.63, 3.8) is 0 Å². The van der Waals surface area contributed by atoms with E-state index >= 15 is 0 Å². The van der Waals surface area contributed by atoms with Gasteiger partial charge in [0.15, 0.2) is 0 Å². The number of ketones is 1. The predicted molar refractivity (Wildman–Crippen MR) is 119 cm³/mol. The van der Waals surface area contributed by atoms with Crippen LogP contribution in [0.4, 0.5) is 11.4 Å². The highest BCUT2D eigenvalue weighted by atomic mass is 16.6. The zero-order valence-electron chi connectivity index (χ0n) is 17.3. The zero-order valence-corrected chi connectivity index (χ0v) is 17.3. The number of amides is 1. The van der Waals surface area contributed by atoms with E-state index in [0.29, 0.717) is 0 Å². The number of hydrogen-bond donors (Lipinski definition) is 3. The van der Waals surface area contributed by atoms with Crippen molar-refractivity contribution in [2.45, 2.75) is 6.04 Å². The number of rotatable bonds is 5. The van der Waals surface area contributed by atoms with E-state index in [1.807, 2.05) is 0 Å². The lowest BCUT2D eigenvalue weighted by Crippen LogP contribution is -2.29. The summed E-state index contributed by atoms with van der Waals surface area (Å²) in [5, 5.41) is 41.3. The Bertz CT molecular complexity index is 1360. The number of nitrogens with zero attached hydrogens (tertiary/aromatic N) is 2. The Balaban J connectivity index is 1.96. The van der Waals surface area contributed by atoms with E-state index in [-0.39, 0.29) is 28.1 Å². The van der Waals surface area contributed by atoms with Crippen LogP contribution in [0.25, 0.3) is 5.76 Å². The average molecular weight is 460 g/mol. The number of Topliss-reactive ketones (excluding diaryl/α,β-unsaturated/α-hetero) is 1. The SMILES string of the molecule is O=C1C(=O)N(c2ccc(O)c(C(=O)O)c2)C(c2ccc([N+](=O)[O-])cc2)/C1=C(/O)c1ccccc1. The average Bonchev–Trinajstić information content (AvgIpc) is 3.10. The maximum atomic E-state index is 13.1. The van der Waals surface area contributed by atoms with Crippen molar-refractivity contribution in [1.29, 1.82) is 0 Å². The smallest absolute Gasteiger partial charge is 0.339 e. The van der Waals surface area contributed by atoms with Gasteiger partial charge < -0.3 is 15.3 Å². The molecular formula is C24H16N2O8. The molecule has 1 aliphatic rings. The van der Waals surface area contributed by atoms with E-state index in [1.54, 1.807) is 30.3 Å². The lowest BCUT2D eigenvalue weighted by molar-refractivity contribution is -0.384. The number of benzene rings is 3. The van der Waals surface area contributed by atoms with Crippen LogP contribution in [-0.2, 0) is 9.59 Å². The van der Waals surface area contributed by atoms with Gasteiger partial charge in [-0.3, -0.25) is 24.6 Å². The lowest BCUT2D eigenvalue weighted by Gasteiger charge is -2.25. The van der Waals surface area contributed by atoms with Crippen molar-refractivity contribution in [3.05, 3.63) is 105 Å². The van der Waals surface area contributed by atoms with Gasteiger partial charge in [-0.05, 0) is 35.9 Å². The third kappa shape index (κ3) is 3.73. The number of anilines is 1. The van der Waals surface area contributed by atoms with Gasteiger partial charge in [-0.25, -0.2) is 4.79 Å². The maximum Gasteiger partial charge on any atom is 0.339 e. The van der Waals surface area contributed by atoms with Gasteiger partial charge in [0.2, 0.25) is 0 Å². The van der Waals surface area contributed by atoms with Crippen LogP contribution in [0.3, 0.4) is 0 Å². The molecule has 0 saturated carbocycles. The summed E-state index contributed by atoms with van der Waals surface area (Å²) in [5.41, 5.74) is -0.467. The minimum absolute atomic E-state index is 0.0206. The third-order valence-electron chi connectivity index (χ3n) is 5.40. The molecule has 0 aromatic heterocycles. The molecule has 3 N–H and O–H groups in total. The van der Waals surface area contributed by atoms with Crippen molar-refractivity contribution < 1.29 is 34.6 Å². The highest BCUT2D eigenvalue weighted by molar-refractivity contribution is 6.51. The summed E-state index contributed by atoms with van der Waals surface area (Å²) >= 11 is 0. The Hall–Kier alpha value is -4.99. The first-order valence-electron chi connectivity index (χ1n) is 9.87. The first-order chi connectivity index (χ1) is 16.2. The first kappa shape index (κ1) is 22.2. The summed E-state index contributed by atoms with van der Waals surface area (Å²) in [5.74, 6) is -4.50. The Morgan fingerprint density at radius 2 is 1.59 bits per heavy atom. The molecule has 4 rings (SSSR count). The lowest BCUT2D eigenvalue weighted by atomic mass is 9.95. The van der Waals surface area contributed by atoms with E-state index in [1.165, 1.54) is 30.3 Å². The topological polar surface area (TPSA) is 158 Å². The number of carboxylic acids is 1. The van der Waals surface area contributed by atoms with Crippen LogP contribution in [0, 0.1) is 10.1 Å². The van der Waals surface area contributed by atoms with Crippen LogP contribution in [0.1, 0.15) is 27.5 Å². The normalized spacial score (nSPS) is 17.1. The second-order valence-electron chi connectivity index (χ2n) is 7.39. The molecule has 1 heterocycles. The molecule has 1 saturated heterocycles. The van der Waals surface area contributed by atoms with Gasteiger partial charge in [-0.2, -0.15) is 0 Å². The van der Waals surface area contributed by atoms with E-state index in [4.69, 9.17) is 0 Å². The minimum Gasteiger partial charge on any atom is -0.507 e. The van der Waals surface area contributed by atoms with E-state index in [0.717, 1.165) is 17.0 Å². The molecule has 170 valence electrons. The summed E-state index contributed by atoms with van der Waals surface area (Å²) in [6, 6.07) is 15.3. The van der Waals surface area contributed by atoms with Crippen LogP contribution < -0.4 is 4.90 Å². The Morgan fingerprint density at radius 3 is 2.18 bits per heavy atom. The molecule has 0 bridgehead atoms. The van der Waals surface area contributed by atoms with Crippen molar-refractivity contribution >= 4 is 34.8 Å². The number of hydrogen-bond acceptors (Lipinski definition) is 7. The second kappa shape index (κ2) is 8.51. The van der Waals surface area contributed by atoms with E-state index < -0.39 is 45.7 Å². The number of phenols is 1. The Labute approximate surface area is 191 Å². The van der Waals surface area contributed by atoms with E-state index in [9.17, 15) is 39.8 Å². The Morgan fingerprint density at radius 1 is 0.941 bits per heavy atom. The molecule has 0 aliphatic carbocycles. The molecule has 1 atom stereocenters. The molecule has 0 spiro atoms. The number of non-ortho nitro benzene ring substituents is 1. The number of carbonyl (C=O) groups is 3. The van der Waals surface area contributed by atoms with Crippen molar-refractivity contribution in [1.82, 2.24) is 0 Å².